The molecule has 2 aliphatic rings. The standard InChI is InChI=1S/C17H24N2O2/c1-19(11-12-6-2-3-7-12)16-14(17(20)21)10-13-8-4-5-9-15(13)18-16/h10,12H,2-9,11H2,1H3,(H,20,21). The third kappa shape index (κ3) is 3.04. The van der Waals surface area contributed by atoms with E-state index in [-0.39, 0.29) is 0 Å². The maximum atomic E-state index is 11.6. The SMILES string of the molecule is CN(CC1CCCC1)c1nc2c(cc1C(=O)O)CCCC2. The molecule has 0 atom stereocenters. The largest absolute Gasteiger partial charge is 0.478 e. The zero-order chi connectivity index (χ0) is 14.8. The Balaban J connectivity index is 1.89. The minimum absolute atomic E-state index is 0.371. The Bertz CT molecular complexity index is 536. The van der Waals surface area contributed by atoms with Crippen molar-refractivity contribution in [2.24, 2.45) is 5.92 Å². The molecule has 0 unspecified atom stereocenters. The van der Waals surface area contributed by atoms with Crippen LogP contribution >= 0.6 is 0 Å². The average Bonchev–Trinajstić information content (AvgIpc) is 2.98. The highest BCUT2D eigenvalue weighted by molar-refractivity contribution is 5.93. The second-order valence-corrected chi connectivity index (χ2v) is 6.51. The molecular weight excluding hydrogens is 264 g/mol. The fraction of sp³-hybridized carbons (Fsp3) is 0.647. The van der Waals surface area contributed by atoms with Crippen LogP contribution in [0.3, 0.4) is 0 Å². The molecule has 1 N–H and O–H groups in total. The molecule has 1 fully saturated rings. The Labute approximate surface area is 126 Å². The van der Waals surface area contributed by atoms with Crippen molar-refractivity contribution in [1.29, 1.82) is 0 Å². The van der Waals surface area contributed by atoms with E-state index in [4.69, 9.17) is 4.98 Å². The molecule has 21 heavy (non-hydrogen) atoms. The average molecular weight is 288 g/mol. The van der Waals surface area contributed by atoms with Crippen molar-refractivity contribution in [3.05, 3.63) is 22.9 Å². The van der Waals surface area contributed by atoms with Crippen LogP contribution in [0.15, 0.2) is 6.07 Å². The lowest BCUT2D eigenvalue weighted by Gasteiger charge is -2.26. The Kier molecular flexibility index (Phi) is 4.13. The van der Waals surface area contributed by atoms with E-state index in [0.29, 0.717) is 17.3 Å². The summed E-state index contributed by atoms with van der Waals surface area (Å²) in [5.74, 6) is 0.494. The zero-order valence-electron chi connectivity index (χ0n) is 12.8. The normalized spacial score (nSPS) is 18.5. The number of pyridine rings is 1. The Morgan fingerprint density at radius 1 is 1.29 bits per heavy atom. The summed E-state index contributed by atoms with van der Waals surface area (Å²) in [5, 5.41) is 9.51. The summed E-state index contributed by atoms with van der Waals surface area (Å²) in [6.45, 7) is 0.923. The van der Waals surface area contributed by atoms with Crippen LogP contribution in [0.4, 0.5) is 5.82 Å². The Hall–Kier alpha value is -1.58. The topological polar surface area (TPSA) is 53.4 Å². The molecule has 4 nitrogen and oxygen atoms in total. The smallest absolute Gasteiger partial charge is 0.339 e. The lowest BCUT2D eigenvalue weighted by atomic mass is 9.94. The number of anilines is 1. The molecule has 1 aromatic heterocycles. The second-order valence-electron chi connectivity index (χ2n) is 6.51. The number of aryl methyl sites for hydroxylation is 2. The molecule has 4 heteroatoms. The number of aromatic nitrogens is 1. The van der Waals surface area contributed by atoms with Gasteiger partial charge in [-0.1, -0.05) is 12.8 Å². The van der Waals surface area contributed by atoms with Crippen molar-refractivity contribution in [2.75, 3.05) is 18.5 Å². The van der Waals surface area contributed by atoms with Crippen molar-refractivity contribution in [2.45, 2.75) is 51.4 Å². The van der Waals surface area contributed by atoms with Gasteiger partial charge in [-0.25, -0.2) is 9.78 Å². The first-order chi connectivity index (χ1) is 10.1. The summed E-state index contributed by atoms with van der Waals surface area (Å²) >= 11 is 0. The van der Waals surface area contributed by atoms with Crippen molar-refractivity contribution in [3.8, 4) is 0 Å². The Morgan fingerprint density at radius 2 is 2.00 bits per heavy atom. The summed E-state index contributed by atoms with van der Waals surface area (Å²) in [5.41, 5.74) is 2.62. The fourth-order valence-electron chi connectivity index (χ4n) is 3.74. The zero-order valence-corrected chi connectivity index (χ0v) is 12.8. The second kappa shape index (κ2) is 6.04. The molecule has 1 saturated carbocycles. The van der Waals surface area contributed by atoms with E-state index >= 15 is 0 Å². The highest BCUT2D eigenvalue weighted by Crippen LogP contribution is 2.30. The van der Waals surface area contributed by atoms with Gasteiger partial charge in [0.1, 0.15) is 11.4 Å². The van der Waals surface area contributed by atoms with Gasteiger partial charge in [0, 0.05) is 19.3 Å². The van der Waals surface area contributed by atoms with E-state index in [1.54, 1.807) is 0 Å². The number of carboxylic acid groups (broad SMARTS) is 1. The number of nitrogens with zero attached hydrogens (tertiary/aromatic N) is 2. The summed E-state index contributed by atoms with van der Waals surface area (Å²) in [7, 11) is 1.99. The molecule has 0 saturated heterocycles. The Morgan fingerprint density at radius 3 is 2.71 bits per heavy atom. The molecule has 1 heterocycles. The first-order valence-electron chi connectivity index (χ1n) is 8.12. The highest BCUT2D eigenvalue weighted by Gasteiger charge is 2.23. The molecule has 2 aliphatic carbocycles. The van der Waals surface area contributed by atoms with Gasteiger partial charge in [0.05, 0.1) is 0 Å². The van der Waals surface area contributed by atoms with Crippen molar-refractivity contribution in [1.82, 2.24) is 4.98 Å². The molecule has 0 spiro atoms. The quantitative estimate of drug-likeness (QED) is 0.923. The molecule has 3 rings (SSSR count). The van der Waals surface area contributed by atoms with Crippen LogP contribution in [0.2, 0.25) is 0 Å². The maximum absolute atomic E-state index is 11.6. The summed E-state index contributed by atoms with van der Waals surface area (Å²) < 4.78 is 0. The third-order valence-electron chi connectivity index (χ3n) is 4.88. The number of rotatable bonds is 4. The van der Waals surface area contributed by atoms with Crippen LogP contribution in [0.1, 0.15) is 60.1 Å². The number of carbonyl (C=O) groups is 1. The van der Waals surface area contributed by atoms with Crippen LogP contribution in [0, 0.1) is 5.92 Å². The molecular formula is C17H24N2O2. The molecule has 0 aromatic carbocycles. The number of fused-ring (bicyclic) bond motifs is 1. The van der Waals surface area contributed by atoms with E-state index in [1.807, 2.05) is 13.1 Å². The maximum Gasteiger partial charge on any atom is 0.339 e. The van der Waals surface area contributed by atoms with Gasteiger partial charge in [-0.2, -0.15) is 0 Å². The predicted molar refractivity (Wildman–Crippen MR) is 83.1 cm³/mol. The molecule has 0 bridgehead atoms. The van der Waals surface area contributed by atoms with Gasteiger partial charge in [0.25, 0.3) is 0 Å². The highest BCUT2D eigenvalue weighted by atomic mass is 16.4. The first-order valence-corrected chi connectivity index (χ1v) is 8.12. The third-order valence-corrected chi connectivity index (χ3v) is 4.88. The van der Waals surface area contributed by atoms with Gasteiger partial charge in [0.2, 0.25) is 0 Å². The van der Waals surface area contributed by atoms with Crippen LogP contribution in [-0.4, -0.2) is 29.7 Å². The molecule has 0 amide bonds. The lowest BCUT2D eigenvalue weighted by Crippen LogP contribution is -2.27. The van der Waals surface area contributed by atoms with Gasteiger partial charge >= 0.3 is 5.97 Å². The number of carboxylic acids is 1. The van der Waals surface area contributed by atoms with E-state index in [2.05, 4.69) is 4.90 Å². The number of hydrogen-bond acceptors (Lipinski definition) is 3. The van der Waals surface area contributed by atoms with Gasteiger partial charge in [-0.15, -0.1) is 0 Å². The van der Waals surface area contributed by atoms with Crippen LogP contribution in [-0.2, 0) is 12.8 Å². The summed E-state index contributed by atoms with van der Waals surface area (Å²) in [6.07, 6.45) is 9.40. The monoisotopic (exact) mass is 288 g/mol. The molecule has 0 aliphatic heterocycles. The first kappa shape index (κ1) is 14.4. The molecule has 114 valence electrons. The van der Waals surface area contributed by atoms with Gasteiger partial charge < -0.3 is 10.0 Å². The summed E-state index contributed by atoms with van der Waals surface area (Å²) in [4.78, 5) is 18.4. The van der Waals surface area contributed by atoms with Crippen LogP contribution in [0.25, 0.3) is 0 Å². The number of hydrogen-bond donors (Lipinski definition) is 1. The van der Waals surface area contributed by atoms with Crippen molar-refractivity contribution in [3.63, 3.8) is 0 Å². The van der Waals surface area contributed by atoms with Crippen LogP contribution in [0.5, 0.6) is 0 Å². The van der Waals surface area contributed by atoms with Gasteiger partial charge in [-0.3, -0.25) is 0 Å². The van der Waals surface area contributed by atoms with Crippen molar-refractivity contribution < 1.29 is 9.90 Å². The molecule has 0 radical (unpaired) electrons. The van der Waals surface area contributed by atoms with E-state index < -0.39 is 5.97 Å². The molecule has 1 aromatic rings. The predicted octanol–water partition coefficient (Wildman–Crippen LogP) is 3.29. The van der Waals surface area contributed by atoms with Crippen LogP contribution < -0.4 is 4.90 Å². The van der Waals surface area contributed by atoms with E-state index in [0.717, 1.165) is 43.5 Å². The lowest BCUT2D eigenvalue weighted by molar-refractivity contribution is 0.0697. The minimum atomic E-state index is -0.857. The fourth-order valence-corrected chi connectivity index (χ4v) is 3.74. The van der Waals surface area contributed by atoms with Crippen molar-refractivity contribution >= 4 is 11.8 Å². The van der Waals surface area contributed by atoms with E-state index in [9.17, 15) is 9.90 Å². The number of aromatic carboxylic acids is 1. The van der Waals surface area contributed by atoms with Gasteiger partial charge in [0.15, 0.2) is 0 Å². The van der Waals surface area contributed by atoms with E-state index in [1.165, 1.54) is 25.7 Å². The van der Waals surface area contributed by atoms with Gasteiger partial charge in [-0.05, 0) is 56.1 Å². The summed E-state index contributed by atoms with van der Waals surface area (Å²) in [6, 6.07) is 1.87. The minimum Gasteiger partial charge on any atom is -0.478 e.